The molecule has 0 fully saturated rings. The molecule has 48 valence electrons. The summed E-state index contributed by atoms with van der Waals surface area (Å²) >= 11 is 4.11. The second-order valence-corrected chi connectivity index (χ2v) is 2.14. The molecule has 0 bridgehead atoms. The lowest BCUT2D eigenvalue weighted by Gasteiger charge is -1.92. The molecule has 0 aromatic heterocycles. The van der Waals surface area contributed by atoms with Crippen LogP contribution < -0.4 is 0 Å². The molecule has 2 heteroatoms. The van der Waals surface area contributed by atoms with E-state index in [0.717, 1.165) is 17.9 Å². The SMILES string of the molecule is SCC1=NC=CC=CC1. The maximum absolute atomic E-state index is 4.14. The highest BCUT2D eigenvalue weighted by Crippen LogP contribution is 1.97. The fraction of sp³-hybridized carbons (Fsp3) is 0.286. The van der Waals surface area contributed by atoms with Gasteiger partial charge in [-0.15, -0.1) is 0 Å². The van der Waals surface area contributed by atoms with Crippen molar-refractivity contribution in [1.82, 2.24) is 0 Å². The predicted molar refractivity (Wildman–Crippen MR) is 44.2 cm³/mol. The maximum Gasteiger partial charge on any atom is 0.0313 e. The molecule has 1 aliphatic heterocycles. The fourth-order valence-electron chi connectivity index (χ4n) is 0.639. The van der Waals surface area contributed by atoms with E-state index in [9.17, 15) is 0 Å². The molecule has 0 unspecified atom stereocenters. The van der Waals surface area contributed by atoms with Crippen LogP contribution in [0.5, 0.6) is 0 Å². The van der Waals surface area contributed by atoms with Gasteiger partial charge < -0.3 is 0 Å². The topological polar surface area (TPSA) is 12.4 Å². The minimum Gasteiger partial charge on any atom is -0.264 e. The van der Waals surface area contributed by atoms with Gasteiger partial charge in [-0.25, -0.2) is 0 Å². The number of rotatable bonds is 1. The van der Waals surface area contributed by atoms with Crippen molar-refractivity contribution >= 4 is 18.3 Å². The van der Waals surface area contributed by atoms with Gasteiger partial charge in [-0.2, -0.15) is 12.6 Å². The van der Waals surface area contributed by atoms with Crippen LogP contribution in [0.1, 0.15) is 6.42 Å². The summed E-state index contributed by atoms with van der Waals surface area (Å²) < 4.78 is 0. The third-order valence-corrected chi connectivity index (χ3v) is 1.49. The Morgan fingerprint density at radius 3 is 3.22 bits per heavy atom. The van der Waals surface area contributed by atoms with Crippen molar-refractivity contribution in [3.05, 3.63) is 24.4 Å². The first-order valence-electron chi connectivity index (χ1n) is 2.91. The summed E-state index contributed by atoms with van der Waals surface area (Å²) in [7, 11) is 0. The second-order valence-electron chi connectivity index (χ2n) is 1.83. The Balaban J connectivity index is 2.62. The fourth-order valence-corrected chi connectivity index (χ4v) is 0.850. The molecule has 0 spiro atoms. The highest BCUT2D eigenvalue weighted by atomic mass is 32.1. The molecule has 0 aromatic carbocycles. The number of allylic oxidation sites excluding steroid dienone is 3. The number of hydrogen-bond donors (Lipinski definition) is 1. The van der Waals surface area contributed by atoms with Crippen molar-refractivity contribution < 1.29 is 0 Å². The molecule has 0 radical (unpaired) electrons. The van der Waals surface area contributed by atoms with Gasteiger partial charge in [0, 0.05) is 24.1 Å². The van der Waals surface area contributed by atoms with Crippen molar-refractivity contribution in [3.8, 4) is 0 Å². The van der Waals surface area contributed by atoms with Crippen LogP contribution in [0.15, 0.2) is 29.4 Å². The summed E-state index contributed by atoms with van der Waals surface area (Å²) in [4.78, 5) is 4.14. The minimum atomic E-state index is 0.759. The number of aliphatic imine (C=N–C) groups is 1. The number of hydrogen-bond acceptors (Lipinski definition) is 2. The summed E-state index contributed by atoms with van der Waals surface area (Å²) in [5.41, 5.74) is 1.13. The van der Waals surface area contributed by atoms with Gasteiger partial charge in [-0.3, -0.25) is 4.99 Å². The van der Waals surface area contributed by atoms with Gasteiger partial charge in [0.2, 0.25) is 0 Å². The van der Waals surface area contributed by atoms with E-state index in [2.05, 4.69) is 23.7 Å². The highest BCUT2D eigenvalue weighted by Gasteiger charge is 1.91. The molecule has 1 aliphatic rings. The zero-order valence-electron chi connectivity index (χ0n) is 5.12. The lowest BCUT2D eigenvalue weighted by Crippen LogP contribution is -1.95. The Hall–Kier alpha value is -0.500. The van der Waals surface area contributed by atoms with Crippen molar-refractivity contribution in [1.29, 1.82) is 0 Å². The van der Waals surface area contributed by atoms with Gasteiger partial charge in [0.15, 0.2) is 0 Å². The van der Waals surface area contributed by atoms with Gasteiger partial charge in [0.05, 0.1) is 0 Å². The van der Waals surface area contributed by atoms with Crippen molar-refractivity contribution in [3.63, 3.8) is 0 Å². The zero-order chi connectivity index (χ0) is 6.53. The van der Waals surface area contributed by atoms with E-state index in [4.69, 9.17) is 0 Å². The van der Waals surface area contributed by atoms with E-state index in [0.29, 0.717) is 0 Å². The molecule has 1 nitrogen and oxygen atoms in total. The Bertz CT molecular complexity index is 168. The maximum atomic E-state index is 4.14. The van der Waals surface area contributed by atoms with E-state index in [1.807, 2.05) is 12.2 Å². The Labute approximate surface area is 60.6 Å². The monoisotopic (exact) mass is 139 g/mol. The zero-order valence-corrected chi connectivity index (χ0v) is 6.01. The molecule has 1 rings (SSSR count). The quantitative estimate of drug-likeness (QED) is 0.532. The average Bonchev–Trinajstić information content (AvgIpc) is 2.13. The molecule has 0 aromatic rings. The van der Waals surface area contributed by atoms with E-state index in [1.165, 1.54) is 0 Å². The molecule has 0 amide bonds. The highest BCUT2D eigenvalue weighted by molar-refractivity contribution is 7.81. The molecular formula is C7H9NS. The number of thiol groups is 1. The lowest BCUT2D eigenvalue weighted by molar-refractivity contribution is 1.41. The van der Waals surface area contributed by atoms with Crippen LogP contribution in [0.2, 0.25) is 0 Å². The average molecular weight is 139 g/mol. The van der Waals surface area contributed by atoms with Crippen LogP contribution in [-0.2, 0) is 0 Å². The minimum absolute atomic E-state index is 0.759. The van der Waals surface area contributed by atoms with Crippen molar-refractivity contribution in [2.24, 2.45) is 4.99 Å². The molecule has 9 heavy (non-hydrogen) atoms. The first-order valence-corrected chi connectivity index (χ1v) is 3.55. The Morgan fingerprint density at radius 2 is 2.44 bits per heavy atom. The standard InChI is InChI=1S/C7H9NS/c9-6-7-4-2-1-3-5-8-7/h1-3,5,9H,4,6H2. The molecule has 0 saturated heterocycles. The Morgan fingerprint density at radius 1 is 1.56 bits per heavy atom. The van der Waals surface area contributed by atoms with Gasteiger partial charge >= 0.3 is 0 Å². The summed E-state index contributed by atoms with van der Waals surface area (Å²) in [5.74, 6) is 0.759. The van der Waals surface area contributed by atoms with Crippen LogP contribution in [0, 0.1) is 0 Å². The van der Waals surface area contributed by atoms with E-state index < -0.39 is 0 Å². The summed E-state index contributed by atoms with van der Waals surface area (Å²) in [6, 6.07) is 0. The lowest BCUT2D eigenvalue weighted by atomic mass is 10.3. The smallest absolute Gasteiger partial charge is 0.0313 e. The Kier molecular flexibility index (Phi) is 2.58. The summed E-state index contributed by atoms with van der Waals surface area (Å²) in [6.07, 6.45) is 8.75. The van der Waals surface area contributed by atoms with Crippen molar-refractivity contribution in [2.45, 2.75) is 6.42 Å². The third-order valence-electron chi connectivity index (χ3n) is 1.13. The van der Waals surface area contributed by atoms with Crippen LogP contribution in [-0.4, -0.2) is 11.5 Å². The third kappa shape index (κ3) is 2.06. The van der Waals surface area contributed by atoms with Crippen molar-refractivity contribution in [2.75, 3.05) is 5.75 Å². The van der Waals surface area contributed by atoms with Crippen LogP contribution in [0.25, 0.3) is 0 Å². The first kappa shape index (κ1) is 6.62. The molecule has 0 saturated carbocycles. The van der Waals surface area contributed by atoms with E-state index in [1.54, 1.807) is 6.20 Å². The van der Waals surface area contributed by atoms with Crippen LogP contribution in [0.3, 0.4) is 0 Å². The van der Waals surface area contributed by atoms with Gasteiger partial charge in [0.1, 0.15) is 0 Å². The molecule has 0 aliphatic carbocycles. The predicted octanol–water partition coefficient (Wildman–Crippen LogP) is 1.83. The van der Waals surface area contributed by atoms with E-state index in [-0.39, 0.29) is 0 Å². The van der Waals surface area contributed by atoms with Crippen LogP contribution in [0.4, 0.5) is 0 Å². The van der Waals surface area contributed by atoms with Crippen LogP contribution >= 0.6 is 12.6 Å². The number of nitrogens with zero attached hydrogens (tertiary/aromatic N) is 1. The molecular weight excluding hydrogens is 130 g/mol. The molecule has 0 N–H and O–H groups in total. The van der Waals surface area contributed by atoms with Gasteiger partial charge in [-0.1, -0.05) is 12.2 Å². The largest absolute Gasteiger partial charge is 0.264 e. The second kappa shape index (κ2) is 3.51. The first-order chi connectivity index (χ1) is 4.43. The summed E-state index contributed by atoms with van der Waals surface area (Å²) in [5, 5.41) is 0. The molecule has 0 atom stereocenters. The van der Waals surface area contributed by atoms with Gasteiger partial charge in [-0.05, 0) is 6.08 Å². The van der Waals surface area contributed by atoms with Gasteiger partial charge in [0.25, 0.3) is 0 Å². The molecule has 1 heterocycles. The normalized spacial score (nSPS) is 17.2. The van der Waals surface area contributed by atoms with E-state index >= 15 is 0 Å². The summed E-state index contributed by atoms with van der Waals surface area (Å²) in [6.45, 7) is 0.